The van der Waals surface area contributed by atoms with Gasteiger partial charge in [-0.3, -0.25) is 9.59 Å². The van der Waals surface area contributed by atoms with E-state index in [0.717, 1.165) is 18.4 Å². The van der Waals surface area contributed by atoms with Crippen molar-refractivity contribution in [2.75, 3.05) is 7.11 Å². The van der Waals surface area contributed by atoms with E-state index < -0.39 is 11.5 Å². The predicted octanol–water partition coefficient (Wildman–Crippen LogP) is 2.02. The van der Waals surface area contributed by atoms with Gasteiger partial charge in [0, 0.05) is 17.6 Å². The summed E-state index contributed by atoms with van der Waals surface area (Å²) < 4.78 is 6.30. The lowest BCUT2D eigenvalue weighted by atomic mass is 9.93. The minimum absolute atomic E-state index is 0.0262. The lowest BCUT2D eigenvalue weighted by Crippen LogP contribution is -2.64. The number of nitrogens with zero attached hydrogens (tertiary/aromatic N) is 3. The molecule has 1 aromatic heterocycles. The molecule has 0 unspecified atom stereocenters. The van der Waals surface area contributed by atoms with E-state index in [1.165, 1.54) is 13.4 Å². The molecule has 1 saturated carbocycles. The van der Waals surface area contributed by atoms with Crippen molar-refractivity contribution in [1.29, 1.82) is 0 Å². The van der Waals surface area contributed by atoms with E-state index in [9.17, 15) is 14.4 Å². The number of fused-ring (bicyclic) bond motifs is 1. The fourth-order valence-corrected chi connectivity index (χ4v) is 4.01. The van der Waals surface area contributed by atoms with Crippen LogP contribution in [0.2, 0.25) is 5.02 Å². The Balaban J connectivity index is 1.64. The quantitative estimate of drug-likeness (QED) is 0.752. The third kappa shape index (κ3) is 3.27. The number of amides is 2. The average Bonchev–Trinajstić information content (AvgIpc) is 3.44. The molecule has 1 aromatic carbocycles. The van der Waals surface area contributed by atoms with Gasteiger partial charge < -0.3 is 19.5 Å². The van der Waals surface area contributed by atoms with Crippen LogP contribution in [0.5, 0.6) is 0 Å². The van der Waals surface area contributed by atoms with E-state index in [1.54, 1.807) is 22.5 Å². The summed E-state index contributed by atoms with van der Waals surface area (Å²) in [6.07, 6.45) is 3.05. The van der Waals surface area contributed by atoms with Gasteiger partial charge in [0.15, 0.2) is 5.69 Å². The van der Waals surface area contributed by atoms with Crippen LogP contribution in [0.4, 0.5) is 0 Å². The molecule has 8 nitrogen and oxygen atoms in total. The van der Waals surface area contributed by atoms with Gasteiger partial charge in [-0.2, -0.15) is 0 Å². The first-order valence-electron chi connectivity index (χ1n) is 9.35. The molecule has 0 bridgehead atoms. The zero-order valence-electron chi connectivity index (χ0n) is 16.1. The molecule has 2 aliphatic rings. The van der Waals surface area contributed by atoms with Crippen molar-refractivity contribution in [2.45, 2.75) is 44.4 Å². The fraction of sp³-hybridized carbons (Fsp3) is 0.400. The molecule has 4 rings (SSSR count). The van der Waals surface area contributed by atoms with Gasteiger partial charge in [-0.25, -0.2) is 9.78 Å². The highest BCUT2D eigenvalue weighted by Gasteiger charge is 2.53. The van der Waals surface area contributed by atoms with Crippen LogP contribution in [0.3, 0.4) is 0 Å². The van der Waals surface area contributed by atoms with Gasteiger partial charge in [0.25, 0.3) is 5.91 Å². The molecular formula is C20H21ClN4O4. The highest BCUT2D eigenvalue weighted by atomic mass is 35.5. The number of benzene rings is 1. The number of rotatable bonds is 5. The summed E-state index contributed by atoms with van der Waals surface area (Å²) in [5.74, 6) is -1.33. The number of hydrogen-bond donors (Lipinski definition) is 1. The predicted molar refractivity (Wildman–Crippen MR) is 104 cm³/mol. The second kappa shape index (κ2) is 7.18. The Hall–Kier alpha value is -2.87. The highest BCUT2D eigenvalue weighted by Crippen LogP contribution is 2.39. The Kier molecular flexibility index (Phi) is 4.82. The number of imidazole rings is 1. The molecule has 1 N–H and O–H groups in total. The van der Waals surface area contributed by atoms with Crippen LogP contribution in [-0.4, -0.2) is 50.9 Å². The molecule has 2 amide bonds. The maximum absolute atomic E-state index is 13.3. The number of carbonyl (C=O) groups is 3. The molecule has 0 saturated heterocycles. The molecule has 2 heterocycles. The van der Waals surface area contributed by atoms with Crippen molar-refractivity contribution < 1.29 is 19.1 Å². The van der Waals surface area contributed by atoms with Crippen molar-refractivity contribution >= 4 is 29.4 Å². The highest BCUT2D eigenvalue weighted by molar-refractivity contribution is 6.31. The monoisotopic (exact) mass is 416 g/mol. The largest absolute Gasteiger partial charge is 0.464 e. The Morgan fingerprint density at radius 3 is 2.72 bits per heavy atom. The van der Waals surface area contributed by atoms with Crippen LogP contribution in [0.1, 0.15) is 46.3 Å². The maximum atomic E-state index is 13.3. The topological polar surface area (TPSA) is 93.5 Å². The van der Waals surface area contributed by atoms with Crippen LogP contribution in [0, 0.1) is 0 Å². The standard InChI is InChI=1S/C20H21ClN4O4/c1-20(19(28)22-9-12-5-3-4-6-14(12)21)10-24-11-23-15(18(27)29-2)16(24)17(26)25(20)13-7-8-13/h3-6,11,13H,7-10H2,1-2H3,(H,22,28)/t20-/m0/s1. The second-order valence-electron chi connectivity index (χ2n) is 7.52. The Labute approximate surface area is 172 Å². The number of hydrogen-bond acceptors (Lipinski definition) is 5. The number of ether oxygens (including phenoxy) is 1. The number of halogens is 1. The van der Waals surface area contributed by atoms with Crippen molar-refractivity contribution in [3.05, 3.63) is 52.6 Å². The molecule has 1 aliphatic heterocycles. The van der Waals surface area contributed by atoms with Gasteiger partial charge in [0.1, 0.15) is 11.2 Å². The van der Waals surface area contributed by atoms with E-state index >= 15 is 0 Å². The third-order valence-corrected chi connectivity index (χ3v) is 5.81. The first kappa shape index (κ1) is 19.4. The van der Waals surface area contributed by atoms with E-state index in [2.05, 4.69) is 10.3 Å². The van der Waals surface area contributed by atoms with E-state index in [4.69, 9.17) is 16.3 Å². The van der Waals surface area contributed by atoms with E-state index in [0.29, 0.717) is 5.02 Å². The minimum Gasteiger partial charge on any atom is -0.464 e. The van der Waals surface area contributed by atoms with Gasteiger partial charge in [0.2, 0.25) is 5.91 Å². The molecule has 9 heteroatoms. The zero-order valence-corrected chi connectivity index (χ0v) is 16.9. The molecule has 152 valence electrons. The summed E-state index contributed by atoms with van der Waals surface area (Å²) in [6, 6.07) is 7.24. The number of methoxy groups -OCH3 is 1. The SMILES string of the molecule is COC(=O)c1ncn2c1C(=O)N(C1CC1)[C@](C)(C(=O)NCc1ccccc1Cl)C2. The van der Waals surface area contributed by atoms with Crippen molar-refractivity contribution in [1.82, 2.24) is 19.8 Å². The molecular weight excluding hydrogens is 396 g/mol. The van der Waals surface area contributed by atoms with E-state index in [1.807, 2.05) is 18.2 Å². The van der Waals surface area contributed by atoms with Gasteiger partial charge in [-0.1, -0.05) is 29.8 Å². The normalized spacial score (nSPS) is 20.9. The number of carbonyl (C=O) groups excluding carboxylic acids is 3. The Morgan fingerprint density at radius 1 is 1.34 bits per heavy atom. The average molecular weight is 417 g/mol. The molecule has 0 spiro atoms. The fourth-order valence-electron chi connectivity index (χ4n) is 3.81. The van der Waals surface area contributed by atoms with Crippen LogP contribution in [-0.2, 0) is 22.6 Å². The summed E-state index contributed by atoms with van der Waals surface area (Å²) in [5, 5.41) is 3.48. The van der Waals surface area contributed by atoms with Gasteiger partial charge in [-0.05, 0) is 31.4 Å². The molecule has 1 fully saturated rings. The third-order valence-electron chi connectivity index (χ3n) is 5.45. The van der Waals surface area contributed by atoms with Crippen LogP contribution >= 0.6 is 11.6 Å². The van der Waals surface area contributed by atoms with Gasteiger partial charge >= 0.3 is 5.97 Å². The van der Waals surface area contributed by atoms with Crippen LogP contribution in [0.25, 0.3) is 0 Å². The van der Waals surface area contributed by atoms with Crippen LogP contribution in [0.15, 0.2) is 30.6 Å². The second-order valence-corrected chi connectivity index (χ2v) is 7.92. The van der Waals surface area contributed by atoms with Crippen molar-refractivity contribution in [3.8, 4) is 0 Å². The summed E-state index contributed by atoms with van der Waals surface area (Å²) in [6.45, 7) is 2.19. The number of aromatic nitrogens is 2. The summed E-state index contributed by atoms with van der Waals surface area (Å²) in [7, 11) is 1.24. The maximum Gasteiger partial charge on any atom is 0.359 e. The first-order valence-corrected chi connectivity index (χ1v) is 9.73. The summed E-state index contributed by atoms with van der Waals surface area (Å²) >= 11 is 6.18. The van der Waals surface area contributed by atoms with E-state index in [-0.39, 0.29) is 42.3 Å². The minimum atomic E-state index is -1.11. The van der Waals surface area contributed by atoms with Gasteiger partial charge in [0.05, 0.1) is 20.0 Å². The lowest BCUT2D eigenvalue weighted by Gasteiger charge is -2.44. The van der Waals surface area contributed by atoms with Gasteiger partial charge in [-0.15, -0.1) is 0 Å². The lowest BCUT2D eigenvalue weighted by molar-refractivity contribution is -0.133. The number of esters is 1. The Bertz CT molecular complexity index is 1000. The summed E-state index contributed by atoms with van der Waals surface area (Å²) in [4.78, 5) is 44.2. The number of nitrogens with one attached hydrogen (secondary N) is 1. The smallest absolute Gasteiger partial charge is 0.359 e. The molecule has 1 atom stereocenters. The molecule has 1 aliphatic carbocycles. The van der Waals surface area contributed by atoms with Crippen LogP contribution < -0.4 is 5.32 Å². The Morgan fingerprint density at radius 2 is 2.07 bits per heavy atom. The summed E-state index contributed by atoms with van der Waals surface area (Å²) in [5.41, 5.74) is -0.176. The van der Waals surface area contributed by atoms with Crippen molar-refractivity contribution in [3.63, 3.8) is 0 Å². The van der Waals surface area contributed by atoms with Crippen molar-refractivity contribution in [2.24, 2.45) is 0 Å². The first-order chi connectivity index (χ1) is 13.9. The zero-order chi connectivity index (χ0) is 20.8. The molecule has 29 heavy (non-hydrogen) atoms. The molecule has 2 aromatic rings. The molecule has 0 radical (unpaired) electrons.